The zero-order chi connectivity index (χ0) is 15.8. The first-order valence-electron chi connectivity index (χ1n) is 6.23. The predicted molar refractivity (Wildman–Crippen MR) is 74.6 cm³/mol. The second-order valence-electron chi connectivity index (χ2n) is 4.32. The molecule has 3 amide bonds. The number of urea groups is 1. The number of hydrogen-bond acceptors (Lipinski definition) is 4. The van der Waals surface area contributed by atoms with Crippen molar-refractivity contribution < 1.29 is 19.5 Å². The SMILES string of the molecule is CN(C(=O)NC(=O)CCCC(=O)O)c1cccc(C#N)c1. The first kappa shape index (κ1) is 16.2. The van der Waals surface area contributed by atoms with Crippen LogP contribution < -0.4 is 10.2 Å². The zero-order valence-corrected chi connectivity index (χ0v) is 11.5. The molecule has 21 heavy (non-hydrogen) atoms. The van der Waals surface area contributed by atoms with Crippen molar-refractivity contribution in [1.82, 2.24) is 5.32 Å². The molecule has 0 bridgehead atoms. The second kappa shape index (κ2) is 7.65. The topological polar surface area (TPSA) is 110 Å². The predicted octanol–water partition coefficient (Wildman–Crippen LogP) is 1.49. The van der Waals surface area contributed by atoms with Gasteiger partial charge in [0.05, 0.1) is 11.6 Å². The molecule has 0 unspecified atom stereocenters. The number of carbonyl (C=O) groups is 3. The first-order chi connectivity index (χ1) is 9.93. The number of carboxylic acids is 1. The summed E-state index contributed by atoms with van der Waals surface area (Å²) in [4.78, 5) is 34.9. The number of nitrogens with zero attached hydrogens (tertiary/aromatic N) is 2. The van der Waals surface area contributed by atoms with Crippen LogP contribution in [-0.2, 0) is 9.59 Å². The van der Waals surface area contributed by atoms with Gasteiger partial charge in [0.15, 0.2) is 0 Å². The minimum absolute atomic E-state index is 0.0376. The molecule has 7 heteroatoms. The Morgan fingerprint density at radius 1 is 1.33 bits per heavy atom. The molecule has 0 spiro atoms. The Morgan fingerprint density at radius 3 is 2.67 bits per heavy atom. The minimum atomic E-state index is -0.987. The van der Waals surface area contributed by atoms with Crippen LogP contribution in [-0.4, -0.2) is 30.1 Å². The van der Waals surface area contributed by atoms with Crippen LogP contribution in [0.1, 0.15) is 24.8 Å². The van der Waals surface area contributed by atoms with E-state index in [1.165, 1.54) is 18.0 Å². The van der Waals surface area contributed by atoms with Gasteiger partial charge in [0.1, 0.15) is 0 Å². The molecule has 0 fully saturated rings. The fourth-order valence-electron chi connectivity index (χ4n) is 1.57. The van der Waals surface area contributed by atoms with Gasteiger partial charge in [-0.1, -0.05) is 6.07 Å². The summed E-state index contributed by atoms with van der Waals surface area (Å²) in [5.41, 5.74) is 0.879. The van der Waals surface area contributed by atoms with Gasteiger partial charge in [-0.05, 0) is 24.6 Å². The monoisotopic (exact) mass is 289 g/mol. The van der Waals surface area contributed by atoms with E-state index in [1.54, 1.807) is 18.2 Å². The number of imide groups is 1. The molecule has 0 saturated heterocycles. The van der Waals surface area contributed by atoms with Crippen LogP contribution in [0.2, 0.25) is 0 Å². The van der Waals surface area contributed by atoms with Crippen molar-refractivity contribution in [3.8, 4) is 6.07 Å². The maximum atomic E-state index is 11.8. The molecule has 2 N–H and O–H groups in total. The van der Waals surface area contributed by atoms with E-state index in [1.807, 2.05) is 6.07 Å². The van der Waals surface area contributed by atoms with Crippen molar-refractivity contribution in [2.75, 3.05) is 11.9 Å². The fraction of sp³-hybridized carbons (Fsp3) is 0.286. The summed E-state index contributed by atoms with van der Waals surface area (Å²) in [7, 11) is 1.47. The lowest BCUT2D eigenvalue weighted by atomic mass is 10.2. The number of rotatable bonds is 5. The molecule has 0 aliphatic heterocycles. The van der Waals surface area contributed by atoms with Crippen molar-refractivity contribution in [1.29, 1.82) is 5.26 Å². The number of amides is 3. The Labute approximate surface area is 121 Å². The van der Waals surface area contributed by atoms with Crippen molar-refractivity contribution in [3.05, 3.63) is 29.8 Å². The zero-order valence-electron chi connectivity index (χ0n) is 11.5. The third kappa shape index (κ3) is 5.32. The Bertz CT molecular complexity index is 592. The minimum Gasteiger partial charge on any atom is -0.481 e. The number of nitrogens with one attached hydrogen (secondary N) is 1. The van der Waals surface area contributed by atoms with Crippen LogP contribution >= 0.6 is 0 Å². The highest BCUT2D eigenvalue weighted by Gasteiger charge is 2.14. The van der Waals surface area contributed by atoms with Crippen LogP contribution in [0, 0.1) is 11.3 Å². The lowest BCUT2D eigenvalue weighted by Gasteiger charge is -2.17. The maximum Gasteiger partial charge on any atom is 0.328 e. The molecule has 1 aromatic rings. The standard InChI is InChI=1S/C14H15N3O4/c1-17(11-5-2-4-10(8-11)9-15)14(21)16-12(18)6-3-7-13(19)20/h2,4-5,8H,3,6-7H2,1H3,(H,19,20)(H,16,18,21). The first-order valence-corrected chi connectivity index (χ1v) is 6.23. The van der Waals surface area contributed by atoms with Gasteiger partial charge in [-0.2, -0.15) is 5.26 Å². The molecule has 0 heterocycles. The number of carboxylic acid groups (broad SMARTS) is 1. The molecule has 0 aliphatic rings. The van der Waals surface area contributed by atoms with Crippen molar-refractivity contribution in [2.45, 2.75) is 19.3 Å². The molecule has 0 radical (unpaired) electrons. The van der Waals surface area contributed by atoms with Crippen LogP contribution in [0.25, 0.3) is 0 Å². The van der Waals surface area contributed by atoms with Crippen molar-refractivity contribution in [3.63, 3.8) is 0 Å². The fourth-order valence-corrected chi connectivity index (χ4v) is 1.57. The van der Waals surface area contributed by atoms with Gasteiger partial charge in [0.25, 0.3) is 0 Å². The summed E-state index contributed by atoms with van der Waals surface area (Å²) in [6.07, 6.45) is 0.00780. The molecule has 1 aromatic carbocycles. The van der Waals surface area contributed by atoms with Crippen molar-refractivity contribution in [2.24, 2.45) is 0 Å². The van der Waals surface area contributed by atoms with Gasteiger partial charge in [0, 0.05) is 25.6 Å². The van der Waals surface area contributed by atoms with Gasteiger partial charge in [-0.25, -0.2) is 4.79 Å². The molecule has 7 nitrogen and oxygen atoms in total. The number of nitriles is 1. The Hall–Kier alpha value is -2.88. The molecule has 0 saturated carbocycles. The smallest absolute Gasteiger partial charge is 0.328 e. The molecule has 110 valence electrons. The van der Waals surface area contributed by atoms with Gasteiger partial charge >= 0.3 is 12.0 Å². The van der Waals surface area contributed by atoms with E-state index in [0.29, 0.717) is 11.3 Å². The van der Waals surface area contributed by atoms with Gasteiger partial charge < -0.3 is 5.11 Å². The number of anilines is 1. The van der Waals surface area contributed by atoms with E-state index >= 15 is 0 Å². The summed E-state index contributed by atoms with van der Waals surface area (Å²) in [5, 5.41) is 19.4. The highest BCUT2D eigenvalue weighted by Crippen LogP contribution is 2.14. The summed E-state index contributed by atoms with van der Waals surface area (Å²) < 4.78 is 0. The Kier molecular flexibility index (Phi) is 5.89. The number of aliphatic carboxylic acids is 1. The maximum absolute atomic E-state index is 11.8. The lowest BCUT2D eigenvalue weighted by Crippen LogP contribution is -2.40. The molecular formula is C14H15N3O4. The molecule has 0 aliphatic carbocycles. The molecule has 0 aromatic heterocycles. The van der Waals surface area contributed by atoms with Crippen LogP contribution in [0.3, 0.4) is 0 Å². The largest absolute Gasteiger partial charge is 0.481 e. The normalized spacial score (nSPS) is 9.52. The average molecular weight is 289 g/mol. The van der Waals surface area contributed by atoms with Gasteiger partial charge in [-0.3, -0.25) is 19.8 Å². The summed E-state index contributed by atoms with van der Waals surface area (Å²) in [6, 6.07) is 7.72. The number of carbonyl (C=O) groups excluding carboxylic acids is 2. The summed E-state index contributed by atoms with van der Waals surface area (Å²) >= 11 is 0. The van der Waals surface area contributed by atoms with Crippen LogP contribution in [0.5, 0.6) is 0 Å². The second-order valence-corrected chi connectivity index (χ2v) is 4.32. The van der Waals surface area contributed by atoms with E-state index in [0.717, 1.165) is 0 Å². The van der Waals surface area contributed by atoms with Crippen LogP contribution in [0.15, 0.2) is 24.3 Å². The number of hydrogen-bond donors (Lipinski definition) is 2. The highest BCUT2D eigenvalue weighted by molar-refractivity contribution is 6.02. The third-order valence-corrected chi connectivity index (χ3v) is 2.71. The third-order valence-electron chi connectivity index (χ3n) is 2.71. The summed E-state index contributed by atoms with van der Waals surface area (Å²) in [6.45, 7) is 0. The van der Waals surface area contributed by atoms with Gasteiger partial charge in [0.2, 0.25) is 5.91 Å². The van der Waals surface area contributed by atoms with Crippen LogP contribution in [0.4, 0.5) is 10.5 Å². The molecular weight excluding hydrogens is 274 g/mol. The highest BCUT2D eigenvalue weighted by atomic mass is 16.4. The van der Waals surface area contributed by atoms with E-state index in [4.69, 9.17) is 10.4 Å². The van der Waals surface area contributed by atoms with E-state index in [-0.39, 0.29) is 19.3 Å². The molecule has 0 atom stereocenters. The Balaban J connectivity index is 2.56. The van der Waals surface area contributed by atoms with Gasteiger partial charge in [-0.15, -0.1) is 0 Å². The Morgan fingerprint density at radius 2 is 2.05 bits per heavy atom. The quantitative estimate of drug-likeness (QED) is 0.853. The van der Waals surface area contributed by atoms with E-state index < -0.39 is 17.9 Å². The molecule has 1 rings (SSSR count). The number of benzene rings is 1. The van der Waals surface area contributed by atoms with Crippen molar-refractivity contribution >= 4 is 23.6 Å². The average Bonchev–Trinajstić information content (AvgIpc) is 2.46. The lowest BCUT2D eigenvalue weighted by molar-refractivity contribution is -0.137. The van der Waals surface area contributed by atoms with E-state index in [2.05, 4.69) is 5.32 Å². The summed E-state index contributed by atoms with van der Waals surface area (Å²) in [5.74, 6) is -1.52. The van der Waals surface area contributed by atoms with E-state index in [9.17, 15) is 14.4 Å².